The van der Waals surface area contributed by atoms with Crippen LogP contribution in [0.15, 0.2) is 58.7 Å². The topological polar surface area (TPSA) is 91.8 Å². The monoisotopic (exact) mass is 354 g/mol. The van der Waals surface area contributed by atoms with Crippen LogP contribution in [0.1, 0.15) is 52.8 Å². The maximum absolute atomic E-state index is 10.6. The van der Waals surface area contributed by atoms with Crippen molar-refractivity contribution in [3.8, 4) is 0 Å². The van der Waals surface area contributed by atoms with Gasteiger partial charge < -0.3 is 5.11 Å². The average molecular weight is 354 g/mol. The quantitative estimate of drug-likeness (QED) is 0.594. The molecule has 0 aliphatic heterocycles. The largest absolute Gasteiger partial charge is 0.478 e. The Balaban J connectivity index is 2.20. The Kier molecular flexibility index (Phi) is 6.44. The number of hydrogen-bond acceptors (Lipinski definition) is 4. The van der Waals surface area contributed by atoms with Gasteiger partial charge >= 0.3 is 5.97 Å². The minimum Gasteiger partial charge on any atom is -0.478 e. The standard InChI is InChI=1S/C20H26N4O2/c1-14(7-5-8-15(2)13-18(25)26)10-11-17-16(3)9-6-12-20(17,4)19-21-23-24-22-19/h5,7-8,10-11,13H,6,9,12H2,1-4H3,(H,25,26)(H,21,22,23,24)/b8-5+,11-10+,14-7+,15-13+/t20-/m0/s1. The van der Waals surface area contributed by atoms with Crippen molar-refractivity contribution in [2.45, 2.75) is 52.4 Å². The fourth-order valence-corrected chi connectivity index (χ4v) is 3.27. The molecule has 0 radical (unpaired) electrons. The molecule has 2 N–H and O–H groups in total. The minimum atomic E-state index is -0.937. The number of carboxylic acids is 1. The van der Waals surface area contributed by atoms with Gasteiger partial charge in [-0.2, -0.15) is 5.21 Å². The molecule has 6 heteroatoms. The van der Waals surface area contributed by atoms with Crippen LogP contribution >= 0.6 is 0 Å². The number of allylic oxidation sites excluding steroid dienone is 9. The smallest absolute Gasteiger partial charge is 0.328 e. The number of nitrogens with zero attached hydrogens (tertiary/aromatic N) is 3. The highest BCUT2D eigenvalue weighted by atomic mass is 16.4. The van der Waals surface area contributed by atoms with E-state index >= 15 is 0 Å². The van der Waals surface area contributed by atoms with Crippen LogP contribution in [-0.4, -0.2) is 31.7 Å². The summed E-state index contributed by atoms with van der Waals surface area (Å²) in [6.45, 7) is 8.10. The summed E-state index contributed by atoms with van der Waals surface area (Å²) in [5.41, 5.74) is 4.13. The fraction of sp³-hybridized carbons (Fsp3) is 0.400. The van der Waals surface area contributed by atoms with Crippen LogP contribution in [-0.2, 0) is 10.2 Å². The van der Waals surface area contributed by atoms with E-state index < -0.39 is 5.97 Å². The summed E-state index contributed by atoms with van der Waals surface area (Å²) in [5.74, 6) is -0.208. The molecule has 0 aromatic carbocycles. The predicted octanol–water partition coefficient (Wildman–Crippen LogP) is 4.05. The van der Waals surface area contributed by atoms with E-state index in [2.05, 4.69) is 46.6 Å². The first-order valence-electron chi connectivity index (χ1n) is 8.71. The lowest BCUT2D eigenvalue weighted by Gasteiger charge is -2.33. The van der Waals surface area contributed by atoms with Gasteiger partial charge in [0.25, 0.3) is 0 Å². The Hall–Kier alpha value is -2.76. The molecule has 1 aromatic heterocycles. The van der Waals surface area contributed by atoms with Crippen molar-refractivity contribution in [3.05, 3.63) is 64.6 Å². The molecule has 0 amide bonds. The van der Waals surface area contributed by atoms with Crippen LogP contribution in [0.4, 0.5) is 0 Å². The predicted molar refractivity (Wildman–Crippen MR) is 102 cm³/mol. The molecule has 0 spiro atoms. The van der Waals surface area contributed by atoms with Crippen LogP contribution in [0.5, 0.6) is 0 Å². The number of carbonyl (C=O) groups is 1. The van der Waals surface area contributed by atoms with Crippen LogP contribution in [0, 0.1) is 0 Å². The summed E-state index contributed by atoms with van der Waals surface area (Å²) >= 11 is 0. The van der Waals surface area contributed by atoms with E-state index in [1.807, 2.05) is 19.1 Å². The zero-order chi connectivity index (χ0) is 19.2. The van der Waals surface area contributed by atoms with Gasteiger partial charge in [0.15, 0.2) is 5.82 Å². The zero-order valence-electron chi connectivity index (χ0n) is 15.8. The first-order valence-corrected chi connectivity index (χ1v) is 8.71. The molecule has 0 fully saturated rings. The van der Waals surface area contributed by atoms with E-state index in [4.69, 9.17) is 5.11 Å². The van der Waals surface area contributed by atoms with Crippen molar-refractivity contribution in [1.82, 2.24) is 20.6 Å². The molecule has 2 rings (SSSR count). The number of H-pyrrole nitrogens is 1. The lowest BCUT2D eigenvalue weighted by atomic mass is 9.70. The molecule has 0 saturated heterocycles. The second-order valence-electron chi connectivity index (χ2n) is 6.94. The van der Waals surface area contributed by atoms with E-state index in [9.17, 15) is 4.79 Å². The third kappa shape index (κ3) is 4.88. The third-order valence-corrected chi connectivity index (χ3v) is 4.70. The lowest BCUT2D eigenvalue weighted by molar-refractivity contribution is -0.131. The molecule has 1 aromatic rings. The van der Waals surface area contributed by atoms with Gasteiger partial charge in [0, 0.05) is 6.08 Å². The molecular formula is C20H26N4O2. The Morgan fingerprint density at radius 2 is 2.04 bits per heavy atom. The highest BCUT2D eigenvalue weighted by molar-refractivity contribution is 5.81. The van der Waals surface area contributed by atoms with Crippen molar-refractivity contribution in [1.29, 1.82) is 0 Å². The summed E-state index contributed by atoms with van der Waals surface area (Å²) in [4.78, 5) is 10.6. The van der Waals surface area contributed by atoms with Gasteiger partial charge in [-0.15, -0.1) is 10.2 Å². The number of carboxylic acid groups (broad SMARTS) is 1. The van der Waals surface area contributed by atoms with Crippen molar-refractivity contribution >= 4 is 5.97 Å². The first kappa shape index (κ1) is 19.6. The van der Waals surface area contributed by atoms with Crippen LogP contribution in [0.2, 0.25) is 0 Å². The van der Waals surface area contributed by atoms with Crippen LogP contribution in [0.3, 0.4) is 0 Å². The van der Waals surface area contributed by atoms with E-state index in [-0.39, 0.29) is 5.41 Å². The second-order valence-corrected chi connectivity index (χ2v) is 6.94. The normalized spacial score (nSPS) is 22.6. The molecular weight excluding hydrogens is 328 g/mol. The average Bonchev–Trinajstić information content (AvgIpc) is 3.09. The number of aromatic amines is 1. The summed E-state index contributed by atoms with van der Waals surface area (Å²) in [6, 6.07) is 0. The molecule has 0 bridgehead atoms. The summed E-state index contributed by atoms with van der Waals surface area (Å²) in [5, 5.41) is 23.4. The van der Waals surface area contributed by atoms with Crippen molar-refractivity contribution in [3.63, 3.8) is 0 Å². The highest BCUT2D eigenvalue weighted by Gasteiger charge is 2.37. The zero-order valence-corrected chi connectivity index (χ0v) is 15.8. The Morgan fingerprint density at radius 1 is 1.27 bits per heavy atom. The molecule has 138 valence electrons. The van der Waals surface area contributed by atoms with E-state index in [1.165, 1.54) is 17.2 Å². The van der Waals surface area contributed by atoms with Gasteiger partial charge in [-0.05, 0) is 58.1 Å². The number of tetrazole rings is 1. The summed E-state index contributed by atoms with van der Waals surface area (Å²) < 4.78 is 0. The number of nitrogens with one attached hydrogen (secondary N) is 1. The van der Waals surface area contributed by atoms with Gasteiger partial charge in [0.05, 0.1) is 5.41 Å². The minimum absolute atomic E-state index is 0.233. The van der Waals surface area contributed by atoms with Crippen LogP contribution < -0.4 is 0 Å². The van der Waals surface area contributed by atoms with E-state index in [1.54, 1.807) is 13.0 Å². The number of rotatable bonds is 6. The van der Waals surface area contributed by atoms with Crippen LogP contribution in [0.25, 0.3) is 0 Å². The Bertz CT molecular complexity index is 798. The molecule has 1 atom stereocenters. The Labute approximate surface area is 154 Å². The fourth-order valence-electron chi connectivity index (χ4n) is 3.27. The molecule has 26 heavy (non-hydrogen) atoms. The summed E-state index contributed by atoms with van der Waals surface area (Å²) in [6.07, 6.45) is 14.2. The molecule has 0 unspecified atom stereocenters. The Morgan fingerprint density at radius 3 is 2.69 bits per heavy atom. The van der Waals surface area contributed by atoms with Gasteiger partial charge in [-0.1, -0.05) is 46.7 Å². The maximum Gasteiger partial charge on any atom is 0.328 e. The van der Waals surface area contributed by atoms with Gasteiger partial charge in [-0.25, -0.2) is 4.79 Å². The van der Waals surface area contributed by atoms with Crippen molar-refractivity contribution in [2.75, 3.05) is 0 Å². The maximum atomic E-state index is 10.6. The second kappa shape index (κ2) is 8.56. The summed E-state index contributed by atoms with van der Waals surface area (Å²) in [7, 11) is 0. The molecule has 1 aliphatic rings. The molecule has 1 heterocycles. The van der Waals surface area contributed by atoms with Crippen molar-refractivity contribution < 1.29 is 9.90 Å². The molecule has 6 nitrogen and oxygen atoms in total. The SMILES string of the molecule is CC1=C(/C=C/C(C)=C/C=C/C(C)=C/C(=O)O)[C@@](C)(c2nn[nH]n2)CCC1. The first-order chi connectivity index (χ1) is 12.3. The number of hydrogen-bond donors (Lipinski definition) is 2. The van der Waals surface area contributed by atoms with E-state index in [0.717, 1.165) is 30.7 Å². The van der Waals surface area contributed by atoms with Gasteiger partial charge in [-0.3, -0.25) is 0 Å². The third-order valence-electron chi connectivity index (χ3n) is 4.70. The number of aliphatic carboxylic acids is 1. The van der Waals surface area contributed by atoms with Gasteiger partial charge in [0.1, 0.15) is 0 Å². The molecule has 0 saturated carbocycles. The number of aromatic nitrogens is 4. The van der Waals surface area contributed by atoms with E-state index in [0.29, 0.717) is 5.57 Å². The highest BCUT2D eigenvalue weighted by Crippen LogP contribution is 2.42. The van der Waals surface area contributed by atoms with Crippen molar-refractivity contribution in [2.24, 2.45) is 0 Å². The lowest BCUT2D eigenvalue weighted by Crippen LogP contribution is -2.29. The van der Waals surface area contributed by atoms with Gasteiger partial charge in [0.2, 0.25) is 0 Å². The molecule has 1 aliphatic carbocycles.